The first kappa shape index (κ1) is 26.0. The molecule has 1 aromatic heterocycles. The molecular weight excluding hydrogens is 505 g/mol. The second-order valence-corrected chi connectivity index (χ2v) is 8.73. The van der Waals surface area contributed by atoms with E-state index in [0.29, 0.717) is 41.5 Å². The summed E-state index contributed by atoms with van der Waals surface area (Å²) in [6.07, 6.45) is 0. The molecule has 0 saturated heterocycles. The van der Waals surface area contributed by atoms with Crippen molar-refractivity contribution in [1.29, 1.82) is 0 Å². The summed E-state index contributed by atoms with van der Waals surface area (Å²) in [6.45, 7) is 6.42. The second kappa shape index (κ2) is 10.6. The van der Waals surface area contributed by atoms with Crippen molar-refractivity contribution in [3.8, 4) is 11.5 Å². The minimum atomic E-state index is -0.917. The van der Waals surface area contributed by atoms with Crippen molar-refractivity contribution in [2.24, 2.45) is 0 Å². The van der Waals surface area contributed by atoms with E-state index in [-0.39, 0.29) is 28.9 Å². The second-order valence-electron chi connectivity index (χ2n) is 8.73. The van der Waals surface area contributed by atoms with Crippen LogP contribution >= 0.6 is 0 Å². The molecule has 4 aromatic rings. The first-order valence-electron chi connectivity index (χ1n) is 12.6. The number of benzene rings is 3. The summed E-state index contributed by atoms with van der Waals surface area (Å²) < 4.78 is 36.5. The molecule has 3 aromatic carbocycles. The number of carbonyl (C=O) groups is 2. The van der Waals surface area contributed by atoms with E-state index in [2.05, 4.69) is 0 Å². The minimum absolute atomic E-state index is 0.0297. The molecule has 39 heavy (non-hydrogen) atoms. The maximum Gasteiger partial charge on any atom is 0.338 e. The molecule has 1 atom stereocenters. The van der Waals surface area contributed by atoms with Crippen molar-refractivity contribution in [2.75, 3.05) is 24.7 Å². The molecule has 0 radical (unpaired) electrons. The van der Waals surface area contributed by atoms with E-state index in [1.165, 1.54) is 17.0 Å². The van der Waals surface area contributed by atoms with Gasteiger partial charge < -0.3 is 18.6 Å². The molecule has 9 heteroatoms. The zero-order valence-corrected chi connectivity index (χ0v) is 21.7. The number of hydrogen-bond acceptors (Lipinski definition) is 7. The van der Waals surface area contributed by atoms with E-state index in [0.717, 1.165) is 6.07 Å². The monoisotopic (exact) mass is 531 g/mol. The molecule has 1 aliphatic heterocycles. The Labute approximate surface area is 223 Å². The van der Waals surface area contributed by atoms with Crippen molar-refractivity contribution in [3.63, 3.8) is 0 Å². The van der Waals surface area contributed by atoms with Crippen LogP contribution in [0.3, 0.4) is 0 Å². The van der Waals surface area contributed by atoms with E-state index >= 15 is 0 Å². The van der Waals surface area contributed by atoms with Crippen LogP contribution in [0, 0.1) is 5.82 Å². The molecule has 0 fully saturated rings. The number of fused-ring (bicyclic) bond motifs is 2. The van der Waals surface area contributed by atoms with Crippen LogP contribution in [0.4, 0.5) is 10.1 Å². The van der Waals surface area contributed by atoms with Gasteiger partial charge in [0.1, 0.15) is 11.4 Å². The number of anilines is 1. The number of ether oxygens (including phenoxy) is 3. The Morgan fingerprint density at radius 1 is 0.897 bits per heavy atom. The van der Waals surface area contributed by atoms with Crippen LogP contribution in [0.5, 0.6) is 11.5 Å². The average molecular weight is 532 g/mol. The van der Waals surface area contributed by atoms with E-state index in [4.69, 9.17) is 18.6 Å². The molecule has 0 bridgehead atoms. The van der Waals surface area contributed by atoms with Gasteiger partial charge in [0.25, 0.3) is 5.91 Å². The molecule has 0 spiro atoms. The number of rotatable bonds is 8. The van der Waals surface area contributed by atoms with E-state index in [9.17, 15) is 18.8 Å². The van der Waals surface area contributed by atoms with E-state index in [1.54, 1.807) is 49.4 Å². The molecule has 8 nitrogen and oxygen atoms in total. The highest BCUT2D eigenvalue weighted by Crippen LogP contribution is 2.43. The Bertz CT molecular complexity index is 1630. The fourth-order valence-electron chi connectivity index (χ4n) is 4.74. The Morgan fingerprint density at radius 2 is 1.62 bits per heavy atom. The van der Waals surface area contributed by atoms with Gasteiger partial charge in [-0.2, -0.15) is 0 Å². The lowest BCUT2D eigenvalue weighted by Crippen LogP contribution is -2.29. The average Bonchev–Trinajstić information content (AvgIpc) is 3.23. The van der Waals surface area contributed by atoms with Gasteiger partial charge in [-0.1, -0.05) is 6.07 Å². The number of esters is 1. The Balaban J connectivity index is 1.71. The van der Waals surface area contributed by atoms with Gasteiger partial charge in [-0.25, -0.2) is 9.18 Å². The van der Waals surface area contributed by atoms with Crippen LogP contribution in [0.1, 0.15) is 58.9 Å². The van der Waals surface area contributed by atoms with Crippen LogP contribution in [0.25, 0.3) is 11.0 Å². The van der Waals surface area contributed by atoms with Gasteiger partial charge in [0, 0.05) is 5.69 Å². The Morgan fingerprint density at radius 3 is 2.31 bits per heavy atom. The van der Waals surface area contributed by atoms with Crippen LogP contribution in [0.2, 0.25) is 0 Å². The third-order valence-electron chi connectivity index (χ3n) is 6.37. The summed E-state index contributed by atoms with van der Waals surface area (Å²) in [5, 5.41) is 0.0297. The molecule has 0 N–H and O–H groups in total. The molecule has 1 amide bonds. The molecule has 1 aliphatic rings. The molecule has 1 unspecified atom stereocenters. The predicted molar refractivity (Wildman–Crippen MR) is 142 cm³/mol. The topological polar surface area (TPSA) is 95.3 Å². The summed E-state index contributed by atoms with van der Waals surface area (Å²) in [4.78, 5) is 41.2. The van der Waals surface area contributed by atoms with Gasteiger partial charge in [-0.05, 0) is 80.9 Å². The highest BCUT2D eigenvalue weighted by Gasteiger charge is 2.44. The Kier molecular flexibility index (Phi) is 7.06. The molecule has 200 valence electrons. The lowest BCUT2D eigenvalue weighted by atomic mass is 9.97. The van der Waals surface area contributed by atoms with Gasteiger partial charge in [-0.3, -0.25) is 14.5 Å². The predicted octanol–water partition coefficient (Wildman–Crippen LogP) is 5.66. The molecule has 0 aliphatic carbocycles. The summed E-state index contributed by atoms with van der Waals surface area (Å²) >= 11 is 0. The smallest absolute Gasteiger partial charge is 0.338 e. The van der Waals surface area contributed by atoms with Crippen molar-refractivity contribution < 1.29 is 32.6 Å². The lowest BCUT2D eigenvalue weighted by molar-refractivity contribution is 0.0526. The first-order chi connectivity index (χ1) is 18.9. The van der Waals surface area contributed by atoms with E-state index < -0.39 is 29.2 Å². The van der Waals surface area contributed by atoms with Gasteiger partial charge >= 0.3 is 5.97 Å². The summed E-state index contributed by atoms with van der Waals surface area (Å²) in [7, 11) is 0. The SMILES string of the molecule is CCOC(=O)c1ccc(N2C(=O)c3oc4ccc(F)cc4c(=O)c3C2c2ccc(OCC)c(OCC)c2)cc1. The number of halogens is 1. The standard InChI is InChI=1S/C30H26FNO7/c1-4-36-23-13-9-18(15-24(23)37-5-2)26-25-27(33)21-16-19(31)10-14-22(21)39-28(25)29(34)32(26)20-11-7-17(8-12-20)30(35)38-6-3/h7-16,26H,4-6H2,1-3H3. The van der Waals surface area contributed by atoms with Crippen LogP contribution in [-0.2, 0) is 4.74 Å². The third kappa shape index (κ3) is 4.60. The summed E-state index contributed by atoms with van der Waals surface area (Å²) in [5.74, 6) is -0.798. The van der Waals surface area contributed by atoms with Crippen LogP contribution in [0.15, 0.2) is 69.9 Å². The van der Waals surface area contributed by atoms with Crippen LogP contribution in [-0.4, -0.2) is 31.7 Å². The van der Waals surface area contributed by atoms with Crippen molar-refractivity contribution in [1.82, 2.24) is 0 Å². The fraction of sp³-hybridized carbons (Fsp3) is 0.233. The summed E-state index contributed by atoms with van der Waals surface area (Å²) in [5.41, 5.74) is 0.975. The quantitative estimate of drug-likeness (QED) is 0.271. The van der Waals surface area contributed by atoms with Crippen molar-refractivity contribution in [2.45, 2.75) is 26.8 Å². The number of nitrogens with zero attached hydrogens (tertiary/aromatic N) is 1. The maximum absolute atomic E-state index is 14.1. The van der Waals surface area contributed by atoms with Crippen molar-refractivity contribution in [3.05, 3.63) is 99.2 Å². The molecule has 5 rings (SSSR count). The molecular formula is C30H26FNO7. The number of carbonyl (C=O) groups excluding carboxylic acids is 2. The Hall–Kier alpha value is -4.66. The van der Waals surface area contributed by atoms with Gasteiger partial charge in [0.2, 0.25) is 5.76 Å². The maximum atomic E-state index is 14.1. The van der Waals surface area contributed by atoms with E-state index in [1.807, 2.05) is 13.8 Å². The zero-order valence-electron chi connectivity index (χ0n) is 21.7. The first-order valence-corrected chi connectivity index (χ1v) is 12.6. The van der Waals surface area contributed by atoms with Gasteiger partial charge in [0.15, 0.2) is 16.9 Å². The third-order valence-corrected chi connectivity index (χ3v) is 6.37. The number of amides is 1. The number of hydrogen-bond donors (Lipinski definition) is 0. The normalized spacial score (nSPS) is 14.4. The van der Waals surface area contributed by atoms with Gasteiger partial charge in [0.05, 0.1) is 42.4 Å². The van der Waals surface area contributed by atoms with Crippen molar-refractivity contribution >= 4 is 28.5 Å². The van der Waals surface area contributed by atoms with Crippen LogP contribution < -0.4 is 19.8 Å². The lowest BCUT2D eigenvalue weighted by Gasteiger charge is -2.26. The highest BCUT2D eigenvalue weighted by atomic mass is 19.1. The zero-order chi connectivity index (χ0) is 27.7. The van der Waals surface area contributed by atoms with Gasteiger partial charge in [-0.15, -0.1) is 0 Å². The fourth-order valence-corrected chi connectivity index (χ4v) is 4.74. The highest BCUT2D eigenvalue weighted by molar-refractivity contribution is 6.10. The molecule has 2 heterocycles. The largest absolute Gasteiger partial charge is 0.490 e. The minimum Gasteiger partial charge on any atom is -0.490 e. The summed E-state index contributed by atoms with van der Waals surface area (Å²) in [6, 6.07) is 14.2. The molecule has 0 saturated carbocycles.